The number of para-hydroxylation sites is 1. The van der Waals surface area contributed by atoms with E-state index < -0.39 is 9.84 Å². The van der Waals surface area contributed by atoms with E-state index in [0.717, 1.165) is 60.0 Å². The fraction of sp³-hybridized carbons (Fsp3) is 0.364. The van der Waals surface area contributed by atoms with Gasteiger partial charge in [-0.2, -0.15) is 0 Å². The van der Waals surface area contributed by atoms with Crippen molar-refractivity contribution in [1.29, 1.82) is 0 Å². The number of hydrogen-bond donors (Lipinski definition) is 1. The first-order chi connectivity index (χ1) is 15.0. The Morgan fingerprint density at radius 2 is 1.77 bits per heavy atom. The topological polar surface area (TPSA) is 117 Å². The van der Waals surface area contributed by atoms with Crippen molar-refractivity contribution >= 4 is 37.6 Å². The molecule has 0 saturated heterocycles. The van der Waals surface area contributed by atoms with E-state index in [-0.39, 0.29) is 10.9 Å². The molecule has 0 atom stereocenters. The number of pyridine rings is 1. The van der Waals surface area contributed by atoms with Crippen molar-refractivity contribution in [2.45, 2.75) is 50.7 Å². The summed E-state index contributed by atoms with van der Waals surface area (Å²) >= 11 is 0. The summed E-state index contributed by atoms with van der Waals surface area (Å²) in [5.41, 5.74) is 8.82. The maximum atomic E-state index is 12.4. The SMILES string of the molecule is CCCc1nc2c(N)nc3ccccc3c2n1CCCCCS(=O)(=O)c1ncccn1. The maximum Gasteiger partial charge on any atom is 0.246 e. The van der Waals surface area contributed by atoms with Gasteiger partial charge in [0.1, 0.15) is 11.3 Å². The average molecular weight is 439 g/mol. The largest absolute Gasteiger partial charge is 0.382 e. The van der Waals surface area contributed by atoms with Crippen molar-refractivity contribution in [2.75, 3.05) is 11.5 Å². The van der Waals surface area contributed by atoms with Crippen LogP contribution in [0.4, 0.5) is 5.82 Å². The summed E-state index contributed by atoms with van der Waals surface area (Å²) in [6.45, 7) is 2.88. The molecule has 0 saturated carbocycles. The van der Waals surface area contributed by atoms with Gasteiger partial charge in [-0.25, -0.2) is 28.4 Å². The molecule has 0 aliphatic carbocycles. The Morgan fingerprint density at radius 3 is 2.55 bits per heavy atom. The number of aryl methyl sites for hydroxylation is 2. The minimum atomic E-state index is -3.45. The second-order valence-electron chi connectivity index (χ2n) is 7.55. The Balaban J connectivity index is 1.52. The first-order valence-electron chi connectivity index (χ1n) is 10.5. The van der Waals surface area contributed by atoms with E-state index >= 15 is 0 Å². The van der Waals surface area contributed by atoms with E-state index in [1.807, 2.05) is 24.3 Å². The summed E-state index contributed by atoms with van der Waals surface area (Å²) in [6, 6.07) is 9.55. The molecule has 1 aromatic carbocycles. The number of imidazole rings is 1. The molecule has 162 valence electrons. The Labute approximate surface area is 181 Å². The predicted molar refractivity (Wildman–Crippen MR) is 121 cm³/mol. The second-order valence-corrected chi connectivity index (χ2v) is 9.55. The van der Waals surface area contributed by atoms with E-state index in [1.54, 1.807) is 6.07 Å². The molecule has 0 amide bonds. The molecule has 8 nitrogen and oxygen atoms in total. The number of aromatic nitrogens is 5. The smallest absolute Gasteiger partial charge is 0.246 e. The summed E-state index contributed by atoms with van der Waals surface area (Å²) in [6.07, 6.45) is 6.89. The molecule has 0 spiro atoms. The standard InChI is InChI=1S/C22H26N6O2S/c1-2-9-18-27-19-20(16-10-4-5-11-17(16)26-21(19)23)28(18)14-6-3-7-15-31(29,30)22-24-12-8-13-25-22/h4-5,8,10-13H,2-3,6-7,9,14-15H2,1H3,(H2,23,26). The van der Waals surface area contributed by atoms with Crippen LogP contribution in [0.2, 0.25) is 0 Å². The summed E-state index contributed by atoms with van der Waals surface area (Å²) in [4.78, 5) is 17.0. The molecular formula is C22H26N6O2S. The number of fused-ring (bicyclic) bond motifs is 3. The molecule has 0 aliphatic heterocycles. The Morgan fingerprint density at radius 1 is 1.00 bits per heavy atom. The van der Waals surface area contributed by atoms with Gasteiger partial charge in [0.2, 0.25) is 15.0 Å². The van der Waals surface area contributed by atoms with Crippen LogP contribution in [0.5, 0.6) is 0 Å². The normalized spacial score (nSPS) is 12.0. The number of benzene rings is 1. The number of unbranched alkanes of at least 4 members (excludes halogenated alkanes) is 2. The molecule has 31 heavy (non-hydrogen) atoms. The highest BCUT2D eigenvalue weighted by atomic mass is 32.2. The molecule has 0 fully saturated rings. The molecule has 4 aromatic rings. The lowest BCUT2D eigenvalue weighted by molar-refractivity contribution is 0.567. The predicted octanol–water partition coefficient (Wildman–Crippen LogP) is 3.55. The molecule has 9 heteroatoms. The van der Waals surface area contributed by atoms with Gasteiger partial charge in [0.05, 0.1) is 16.8 Å². The highest BCUT2D eigenvalue weighted by Crippen LogP contribution is 2.29. The quantitative estimate of drug-likeness (QED) is 0.314. The molecule has 4 rings (SSSR count). The molecule has 2 N–H and O–H groups in total. The van der Waals surface area contributed by atoms with Crippen molar-refractivity contribution in [3.8, 4) is 0 Å². The molecule has 0 unspecified atom stereocenters. The Kier molecular flexibility index (Phi) is 6.13. The number of hydrogen-bond acceptors (Lipinski definition) is 7. The monoisotopic (exact) mass is 438 g/mol. The number of rotatable bonds is 9. The summed E-state index contributed by atoms with van der Waals surface area (Å²) in [5, 5.41) is 0.931. The number of anilines is 1. The van der Waals surface area contributed by atoms with Crippen LogP contribution in [-0.4, -0.2) is 38.7 Å². The van der Waals surface area contributed by atoms with Crippen LogP contribution in [-0.2, 0) is 22.8 Å². The fourth-order valence-corrected chi connectivity index (χ4v) is 5.05. The van der Waals surface area contributed by atoms with Crippen molar-refractivity contribution in [2.24, 2.45) is 0 Å². The van der Waals surface area contributed by atoms with Gasteiger partial charge in [-0.1, -0.05) is 31.5 Å². The summed E-state index contributed by atoms with van der Waals surface area (Å²) in [5.74, 6) is 1.48. The van der Waals surface area contributed by atoms with Gasteiger partial charge in [-0.05, 0) is 31.4 Å². The van der Waals surface area contributed by atoms with Gasteiger partial charge in [0, 0.05) is 30.7 Å². The third-order valence-electron chi connectivity index (χ3n) is 5.28. The molecular weight excluding hydrogens is 412 g/mol. The lowest BCUT2D eigenvalue weighted by Gasteiger charge is -2.11. The van der Waals surface area contributed by atoms with Gasteiger partial charge in [0.15, 0.2) is 5.82 Å². The van der Waals surface area contributed by atoms with Crippen molar-refractivity contribution in [1.82, 2.24) is 24.5 Å². The lowest BCUT2D eigenvalue weighted by Crippen LogP contribution is -2.11. The zero-order valence-electron chi connectivity index (χ0n) is 17.5. The van der Waals surface area contributed by atoms with Crippen LogP contribution in [0.15, 0.2) is 47.9 Å². The Hall–Kier alpha value is -3.07. The molecule has 0 aliphatic rings. The highest BCUT2D eigenvalue weighted by molar-refractivity contribution is 7.91. The van der Waals surface area contributed by atoms with E-state index in [9.17, 15) is 8.42 Å². The van der Waals surface area contributed by atoms with Crippen molar-refractivity contribution < 1.29 is 8.42 Å². The molecule has 3 aromatic heterocycles. The van der Waals surface area contributed by atoms with Crippen LogP contribution in [0.1, 0.15) is 38.4 Å². The first-order valence-corrected chi connectivity index (χ1v) is 12.2. The van der Waals surface area contributed by atoms with E-state index in [0.29, 0.717) is 12.2 Å². The van der Waals surface area contributed by atoms with E-state index in [4.69, 9.17) is 10.7 Å². The summed E-state index contributed by atoms with van der Waals surface area (Å²) in [7, 11) is -3.45. The molecule has 0 bridgehead atoms. The Bertz CT molecular complexity index is 1300. The minimum Gasteiger partial charge on any atom is -0.382 e. The average Bonchev–Trinajstić information content (AvgIpc) is 3.13. The van der Waals surface area contributed by atoms with Gasteiger partial charge in [-0.15, -0.1) is 0 Å². The number of nitrogen functional groups attached to an aromatic ring is 1. The third-order valence-corrected chi connectivity index (χ3v) is 6.87. The number of nitrogens with zero attached hydrogens (tertiary/aromatic N) is 5. The lowest BCUT2D eigenvalue weighted by atomic mass is 10.1. The number of sulfone groups is 1. The van der Waals surface area contributed by atoms with Crippen molar-refractivity contribution in [3.63, 3.8) is 0 Å². The zero-order chi connectivity index (χ0) is 21.8. The number of nitrogens with two attached hydrogens (primary N) is 1. The van der Waals surface area contributed by atoms with Gasteiger partial charge in [0.25, 0.3) is 0 Å². The highest BCUT2D eigenvalue weighted by Gasteiger charge is 2.18. The van der Waals surface area contributed by atoms with Crippen LogP contribution >= 0.6 is 0 Å². The summed E-state index contributed by atoms with van der Waals surface area (Å²) < 4.78 is 27.0. The second kappa shape index (κ2) is 8.97. The van der Waals surface area contributed by atoms with Crippen LogP contribution in [0.3, 0.4) is 0 Å². The first kappa shape index (κ1) is 21.2. The third kappa shape index (κ3) is 4.36. The zero-order valence-corrected chi connectivity index (χ0v) is 18.3. The van der Waals surface area contributed by atoms with E-state index in [2.05, 4.69) is 26.4 Å². The van der Waals surface area contributed by atoms with Gasteiger partial charge in [-0.3, -0.25) is 0 Å². The van der Waals surface area contributed by atoms with Crippen molar-refractivity contribution in [3.05, 3.63) is 48.5 Å². The molecule has 3 heterocycles. The van der Waals surface area contributed by atoms with E-state index in [1.165, 1.54) is 12.4 Å². The van der Waals surface area contributed by atoms with Crippen LogP contribution in [0, 0.1) is 0 Å². The minimum absolute atomic E-state index is 0.0449. The fourth-order valence-electron chi connectivity index (χ4n) is 3.84. The van der Waals surface area contributed by atoms with Crippen LogP contribution in [0.25, 0.3) is 21.9 Å². The van der Waals surface area contributed by atoms with Gasteiger partial charge >= 0.3 is 0 Å². The van der Waals surface area contributed by atoms with Gasteiger partial charge < -0.3 is 10.3 Å². The van der Waals surface area contributed by atoms with Crippen LogP contribution < -0.4 is 5.73 Å². The maximum absolute atomic E-state index is 12.4. The molecule has 0 radical (unpaired) electrons.